The molecular weight excluding hydrogens is 720 g/mol. The summed E-state index contributed by atoms with van der Waals surface area (Å²) in [5.74, 6) is -39.7. The molecule has 0 heterocycles. The fourth-order valence-electron chi connectivity index (χ4n) is 2.62. The summed E-state index contributed by atoms with van der Waals surface area (Å²) in [6, 6.07) is 0. The molecule has 0 radical (unpaired) electrons. The van der Waals surface area contributed by atoms with Crippen LogP contribution >= 0.6 is 12.0 Å². The van der Waals surface area contributed by atoms with Gasteiger partial charge in [0.25, 0.3) is 0 Å². The van der Waals surface area contributed by atoms with Gasteiger partial charge in [-0.3, -0.25) is 9.59 Å². The Bertz CT molecular complexity index is 943. The molecule has 0 aliphatic carbocycles. The molecule has 26 heteroatoms. The third-order valence-electron chi connectivity index (χ3n) is 5.19. The number of halogens is 16. The van der Waals surface area contributed by atoms with Crippen LogP contribution in [0.15, 0.2) is 0 Å². The van der Waals surface area contributed by atoms with Crippen LogP contribution < -0.4 is 0 Å². The van der Waals surface area contributed by atoms with Crippen molar-refractivity contribution in [3.05, 3.63) is 0 Å². The number of hydrogen-bond acceptors (Lipinski definition) is 10. The van der Waals surface area contributed by atoms with Crippen molar-refractivity contribution in [2.45, 2.75) is 72.9 Å². The Morgan fingerprint density at radius 1 is 0.609 bits per heavy atom. The average molecular weight is 742 g/mol. The van der Waals surface area contributed by atoms with Crippen molar-refractivity contribution in [1.82, 2.24) is 0 Å². The highest BCUT2D eigenvalue weighted by molar-refractivity contribution is 7.95. The Hall–Kier alpha value is -2.03. The van der Waals surface area contributed by atoms with Crippen LogP contribution in [0.5, 0.6) is 0 Å². The van der Waals surface area contributed by atoms with Crippen molar-refractivity contribution in [1.29, 1.82) is 0 Å². The van der Waals surface area contributed by atoms with E-state index in [2.05, 4.69) is 28.3 Å². The van der Waals surface area contributed by atoms with Gasteiger partial charge in [-0.05, 0) is 0 Å². The topological polar surface area (TPSA) is 110 Å². The molecule has 0 saturated carbocycles. The van der Waals surface area contributed by atoms with Gasteiger partial charge >= 0.3 is 60.3 Å². The van der Waals surface area contributed by atoms with Gasteiger partial charge in [-0.1, -0.05) is 5.04 Å². The van der Waals surface area contributed by atoms with Crippen LogP contribution in [0, 0.1) is 0 Å². The van der Waals surface area contributed by atoms with E-state index in [-0.39, 0.29) is 12.0 Å². The summed E-state index contributed by atoms with van der Waals surface area (Å²) >= 11 is -0.110. The highest BCUT2D eigenvalue weighted by Gasteiger charge is 2.75. The summed E-state index contributed by atoms with van der Waals surface area (Å²) < 4.78 is 227. The summed E-state index contributed by atoms with van der Waals surface area (Å²) in [5.41, 5.74) is 0. The third-order valence-corrected chi connectivity index (χ3v) is 5.92. The lowest BCUT2D eigenvalue weighted by molar-refractivity contribution is -0.432. The smallest absolute Gasteiger partial charge is 0.377 e. The van der Waals surface area contributed by atoms with Crippen molar-refractivity contribution >= 4 is 24.0 Å². The second-order valence-corrected chi connectivity index (χ2v) is 9.35. The third kappa shape index (κ3) is 11.6. The van der Waals surface area contributed by atoms with E-state index in [4.69, 9.17) is 5.26 Å². The highest BCUT2D eigenvalue weighted by atomic mass is 32.2. The maximum Gasteiger partial charge on any atom is 0.377 e. The lowest BCUT2D eigenvalue weighted by Crippen LogP contribution is -2.57. The van der Waals surface area contributed by atoms with Crippen LogP contribution in [0.3, 0.4) is 0 Å². The lowest BCUT2D eigenvalue weighted by Gasteiger charge is -2.32. The highest BCUT2D eigenvalue weighted by Crippen LogP contribution is 2.51. The number of esters is 2. The van der Waals surface area contributed by atoms with Crippen LogP contribution in [-0.2, 0) is 37.9 Å². The number of carbonyl (C=O) groups excluding carboxylic acids is 2. The number of alkyl halides is 16. The molecule has 0 aliphatic rings. The molecule has 0 aromatic carbocycles. The zero-order chi connectivity index (χ0) is 36.2. The minimum Gasteiger partial charge on any atom is -0.463 e. The van der Waals surface area contributed by atoms with E-state index in [0.717, 1.165) is 0 Å². The van der Waals surface area contributed by atoms with E-state index in [0.29, 0.717) is 0 Å². The van der Waals surface area contributed by atoms with Gasteiger partial charge in [-0.2, -0.15) is 52.7 Å². The van der Waals surface area contributed by atoms with Crippen molar-refractivity contribution in [3.63, 3.8) is 0 Å². The van der Waals surface area contributed by atoms with Crippen LogP contribution in [0.2, 0.25) is 0 Å². The van der Waals surface area contributed by atoms with Gasteiger partial charge < -0.3 is 18.9 Å². The quantitative estimate of drug-likeness (QED) is 0.0314. The monoisotopic (exact) mass is 742 g/mol. The molecule has 0 rings (SSSR count). The van der Waals surface area contributed by atoms with Gasteiger partial charge in [0.2, 0.25) is 0 Å². The Morgan fingerprint density at radius 2 is 1.00 bits per heavy atom. The van der Waals surface area contributed by atoms with Crippen LogP contribution in [-0.4, -0.2) is 110 Å². The molecule has 0 spiro atoms. The first-order chi connectivity index (χ1) is 20.8. The molecule has 0 amide bonds. The van der Waals surface area contributed by atoms with Gasteiger partial charge in [-0.15, -0.1) is 4.33 Å². The van der Waals surface area contributed by atoms with E-state index < -0.39 is 124 Å². The van der Waals surface area contributed by atoms with Gasteiger partial charge in [-0.25, -0.2) is 22.8 Å². The Labute approximate surface area is 250 Å². The Morgan fingerprint density at radius 3 is 1.37 bits per heavy atom. The molecule has 274 valence electrons. The average Bonchev–Trinajstić information content (AvgIpc) is 2.93. The molecule has 1 atom stereocenters. The first-order valence-corrected chi connectivity index (χ1v) is 12.6. The molecule has 0 saturated heterocycles. The van der Waals surface area contributed by atoms with Gasteiger partial charge in [0.05, 0.1) is 44.9 Å². The zero-order valence-electron chi connectivity index (χ0n) is 22.3. The van der Waals surface area contributed by atoms with Gasteiger partial charge in [0.1, 0.15) is 18.5 Å². The van der Waals surface area contributed by atoms with Gasteiger partial charge in [0, 0.05) is 12.8 Å². The minimum atomic E-state index is -6.46. The molecule has 0 aromatic rings. The minimum absolute atomic E-state index is 0.110. The van der Waals surface area contributed by atoms with Crippen molar-refractivity contribution in [2.24, 2.45) is 0 Å². The standard InChI is InChI=1S/C20H22F16O9S/c21-13(22)17(29,30)19(33,34)15(25,26)1-3-40-5-7-42-11(37)9-10(46-45-44-39)12(38)43-8-6-41-4-2-16(27,28)20(35,36)18(31,32)14(23)24/h10,13-14,39H,1-9H2. The van der Waals surface area contributed by atoms with E-state index in [9.17, 15) is 79.8 Å². The Kier molecular flexibility index (Phi) is 17.1. The lowest BCUT2D eigenvalue weighted by atomic mass is 10.0. The molecular formula is C20H22F16O9S. The summed E-state index contributed by atoms with van der Waals surface area (Å²) in [5, 5.41) is 9.59. The predicted molar refractivity (Wildman–Crippen MR) is 115 cm³/mol. The molecule has 0 aliphatic heterocycles. The first-order valence-electron chi connectivity index (χ1n) is 11.8. The normalized spacial score (nSPS) is 14.6. The van der Waals surface area contributed by atoms with E-state index in [1.165, 1.54) is 0 Å². The van der Waals surface area contributed by atoms with Crippen LogP contribution in [0.25, 0.3) is 0 Å². The van der Waals surface area contributed by atoms with E-state index in [1.54, 1.807) is 0 Å². The summed E-state index contributed by atoms with van der Waals surface area (Å²) in [6.07, 6.45) is -15.6. The van der Waals surface area contributed by atoms with Crippen molar-refractivity contribution in [3.8, 4) is 0 Å². The molecule has 1 N–H and O–H groups in total. The van der Waals surface area contributed by atoms with E-state index >= 15 is 0 Å². The molecule has 0 bridgehead atoms. The largest absolute Gasteiger partial charge is 0.463 e. The summed E-state index contributed by atoms with van der Waals surface area (Å²) in [7, 11) is 0. The van der Waals surface area contributed by atoms with Gasteiger partial charge in [0.15, 0.2) is 0 Å². The number of hydrogen-bond donors (Lipinski definition) is 1. The maximum atomic E-state index is 13.4. The maximum absolute atomic E-state index is 13.4. The zero-order valence-corrected chi connectivity index (χ0v) is 23.1. The first kappa shape index (κ1) is 44.0. The second kappa shape index (κ2) is 17.9. The van der Waals surface area contributed by atoms with Crippen LogP contribution in [0.1, 0.15) is 19.3 Å². The summed E-state index contributed by atoms with van der Waals surface area (Å²) in [4.78, 5) is 23.9. The SMILES string of the molecule is O=C(CC(SOOO)C(=O)OCCOCCC(F)(F)C(F)(F)C(F)(F)C(F)F)OCCOCCC(F)(F)C(F)(F)C(F)(F)C(F)F. The number of rotatable bonds is 24. The van der Waals surface area contributed by atoms with Crippen molar-refractivity contribution in [2.75, 3.05) is 39.6 Å². The number of ether oxygens (including phenoxy) is 4. The molecule has 1 unspecified atom stereocenters. The van der Waals surface area contributed by atoms with Crippen LogP contribution in [0.4, 0.5) is 70.2 Å². The number of carbonyl (C=O) groups is 2. The molecule has 0 fully saturated rings. The Balaban J connectivity index is 4.65. The molecule has 9 nitrogen and oxygen atoms in total. The van der Waals surface area contributed by atoms with E-state index in [1.807, 2.05) is 0 Å². The predicted octanol–water partition coefficient (Wildman–Crippen LogP) is 6.06. The fraction of sp³-hybridized carbons (Fsp3) is 0.900. The fourth-order valence-corrected chi connectivity index (χ4v) is 3.10. The van der Waals surface area contributed by atoms with Crippen molar-refractivity contribution < 1.29 is 113 Å². The molecule has 46 heavy (non-hydrogen) atoms. The second-order valence-electron chi connectivity index (χ2n) is 8.45. The summed E-state index contributed by atoms with van der Waals surface area (Å²) in [6.45, 7) is -6.29. The molecule has 0 aromatic heterocycles.